The molecule has 1 aliphatic rings. The summed E-state index contributed by atoms with van der Waals surface area (Å²) in [5.74, 6) is 0.960. The second-order valence-electron chi connectivity index (χ2n) is 7.41. The van der Waals surface area contributed by atoms with Gasteiger partial charge in [-0.15, -0.1) is 0 Å². The van der Waals surface area contributed by atoms with Gasteiger partial charge in [0, 0.05) is 24.5 Å². The number of hydrogen-bond donors (Lipinski definition) is 1. The van der Waals surface area contributed by atoms with Crippen LogP contribution < -0.4 is 10.1 Å². The Kier molecular flexibility index (Phi) is 5.86. The highest BCUT2D eigenvalue weighted by Gasteiger charge is 2.30. The summed E-state index contributed by atoms with van der Waals surface area (Å²) in [6.45, 7) is 7.24. The van der Waals surface area contributed by atoms with Crippen molar-refractivity contribution in [3.8, 4) is 5.75 Å². The number of hydrogen-bond acceptors (Lipinski definition) is 3. The molecule has 1 N–H and O–H groups in total. The topological polar surface area (TPSA) is 58.6 Å². The van der Waals surface area contributed by atoms with Crippen molar-refractivity contribution in [2.75, 3.05) is 20.2 Å². The molecule has 0 aliphatic carbocycles. The molecule has 1 aromatic rings. The van der Waals surface area contributed by atoms with Crippen molar-refractivity contribution in [3.63, 3.8) is 0 Å². The molecule has 5 nitrogen and oxygen atoms in total. The quantitative estimate of drug-likeness (QED) is 0.921. The smallest absolute Gasteiger partial charge is 0.227 e. The molecule has 0 spiro atoms. The van der Waals surface area contributed by atoms with Crippen LogP contribution in [0.15, 0.2) is 24.3 Å². The van der Waals surface area contributed by atoms with Gasteiger partial charge in [-0.05, 0) is 30.5 Å². The third kappa shape index (κ3) is 4.98. The molecule has 1 aromatic carbocycles. The normalized spacial score (nSPS) is 15.9. The molecule has 0 atom stereocenters. The van der Waals surface area contributed by atoms with Gasteiger partial charge in [0.05, 0.1) is 13.5 Å². The van der Waals surface area contributed by atoms with Crippen LogP contribution in [-0.2, 0) is 16.0 Å². The number of ether oxygens (including phenoxy) is 1. The van der Waals surface area contributed by atoms with Crippen molar-refractivity contribution in [3.05, 3.63) is 29.8 Å². The number of piperidine rings is 1. The lowest BCUT2D eigenvalue weighted by Gasteiger charge is -2.36. The predicted molar refractivity (Wildman–Crippen MR) is 93.9 cm³/mol. The summed E-state index contributed by atoms with van der Waals surface area (Å²) in [7, 11) is 1.62. The van der Waals surface area contributed by atoms with E-state index < -0.39 is 0 Å². The lowest BCUT2D eigenvalue weighted by molar-refractivity contribution is -0.140. The van der Waals surface area contributed by atoms with E-state index >= 15 is 0 Å². The first kappa shape index (κ1) is 18.3. The van der Waals surface area contributed by atoms with E-state index in [0.29, 0.717) is 19.5 Å². The predicted octanol–water partition coefficient (Wildman–Crippen LogP) is 2.39. The molecule has 0 bridgehead atoms. The zero-order valence-corrected chi connectivity index (χ0v) is 15.1. The number of likely N-dealkylation sites (tertiary alicyclic amines) is 1. The molecule has 1 heterocycles. The van der Waals surface area contributed by atoms with Crippen LogP contribution in [0.25, 0.3) is 0 Å². The van der Waals surface area contributed by atoms with Crippen LogP contribution in [0.1, 0.15) is 39.2 Å². The van der Waals surface area contributed by atoms with E-state index in [1.807, 2.05) is 49.9 Å². The standard InChI is InChI=1S/C19H28N2O3/c1-19(2,3)18(23)21-10-8-15(9-11-21)20-17(22)13-14-6-5-7-16(12-14)24-4/h5-7,12,15H,8-11,13H2,1-4H3,(H,20,22). The Labute approximate surface area is 144 Å². The number of amides is 2. The lowest BCUT2D eigenvalue weighted by atomic mass is 9.93. The van der Waals surface area contributed by atoms with E-state index in [1.165, 1.54) is 0 Å². The minimum atomic E-state index is -0.345. The van der Waals surface area contributed by atoms with E-state index in [2.05, 4.69) is 5.32 Å². The van der Waals surface area contributed by atoms with Gasteiger partial charge in [0.25, 0.3) is 0 Å². The van der Waals surface area contributed by atoms with Crippen LogP contribution in [0, 0.1) is 5.41 Å². The third-order valence-corrected chi connectivity index (χ3v) is 4.29. The molecule has 2 rings (SSSR count). The van der Waals surface area contributed by atoms with Gasteiger partial charge in [-0.2, -0.15) is 0 Å². The molecular formula is C19H28N2O3. The highest BCUT2D eigenvalue weighted by atomic mass is 16.5. The molecule has 0 radical (unpaired) electrons. The second kappa shape index (κ2) is 7.69. The maximum absolute atomic E-state index is 12.3. The van der Waals surface area contributed by atoms with Crippen molar-refractivity contribution < 1.29 is 14.3 Å². The molecule has 1 saturated heterocycles. The Morgan fingerprint density at radius 2 is 1.92 bits per heavy atom. The zero-order chi connectivity index (χ0) is 17.7. The first-order valence-corrected chi connectivity index (χ1v) is 8.51. The fourth-order valence-electron chi connectivity index (χ4n) is 2.95. The van der Waals surface area contributed by atoms with Crippen LogP contribution in [0.5, 0.6) is 5.75 Å². The van der Waals surface area contributed by atoms with Crippen molar-refractivity contribution in [1.29, 1.82) is 0 Å². The molecule has 0 saturated carbocycles. The molecule has 24 heavy (non-hydrogen) atoms. The molecule has 132 valence electrons. The Morgan fingerprint density at radius 1 is 1.25 bits per heavy atom. The Bertz CT molecular complexity index is 585. The number of nitrogens with zero attached hydrogens (tertiary/aromatic N) is 1. The average molecular weight is 332 g/mol. The fourth-order valence-corrected chi connectivity index (χ4v) is 2.95. The van der Waals surface area contributed by atoms with Crippen LogP contribution >= 0.6 is 0 Å². The molecule has 1 aliphatic heterocycles. The molecule has 5 heteroatoms. The van der Waals surface area contributed by atoms with E-state index in [9.17, 15) is 9.59 Å². The lowest BCUT2D eigenvalue weighted by Crippen LogP contribution is -2.49. The number of carbonyl (C=O) groups excluding carboxylic acids is 2. The van der Waals surface area contributed by atoms with Gasteiger partial charge in [0.1, 0.15) is 5.75 Å². The molecule has 2 amide bonds. The summed E-state index contributed by atoms with van der Waals surface area (Å²) in [6.07, 6.45) is 1.97. The summed E-state index contributed by atoms with van der Waals surface area (Å²) in [5, 5.41) is 3.09. The van der Waals surface area contributed by atoms with Crippen molar-refractivity contribution >= 4 is 11.8 Å². The third-order valence-electron chi connectivity index (χ3n) is 4.29. The van der Waals surface area contributed by atoms with Crippen molar-refractivity contribution in [2.45, 2.75) is 46.1 Å². The monoisotopic (exact) mass is 332 g/mol. The zero-order valence-electron chi connectivity index (χ0n) is 15.1. The van der Waals surface area contributed by atoms with Gasteiger partial charge in [-0.1, -0.05) is 32.9 Å². The largest absolute Gasteiger partial charge is 0.497 e. The van der Waals surface area contributed by atoms with Crippen LogP contribution in [-0.4, -0.2) is 43.0 Å². The highest BCUT2D eigenvalue weighted by molar-refractivity contribution is 5.82. The Morgan fingerprint density at radius 3 is 2.50 bits per heavy atom. The maximum atomic E-state index is 12.3. The van der Waals surface area contributed by atoms with Gasteiger partial charge in [-0.25, -0.2) is 0 Å². The number of benzene rings is 1. The highest BCUT2D eigenvalue weighted by Crippen LogP contribution is 2.21. The Hall–Kier alpha value is -2.04. The summed E-state index contributed by atoms with van der Waals surface area (Å²) in [4.78, 5) is 26.4. The average Bonchev–Trinajstić information content (AvgIpc) is 2.54. The minimum absolute atomic E-state index is 0.0175. The van der Waals surface area contributed by atoms with Crippen LogP contribution in [0.4, 0.5) is 0 Å². The summed E-state index contributed by atoms with van der Waals surface area (Å²) < 4.78 is 5.18. The number of carbonyl (C=O) groups is 2. The number of nitrogens with one attached hydrogen (secondary N) is 1. The van der Waals surface area contributed by atoms with Gasteiger partial charge < -0.3 is 15.0 Å². The van der Waals surface area contributed by atoms with E-state index in [-0.39, 0.29) is 23.3 Å². The van der Waals surface area contributed by atoms with Gasteiger partial charge in [0.2, 0.25) is 11.8 Å². The number of rotatable bonds is 4. The molecule has 1 fully saturated rings. The first-order chi connectivity index (χ1) is 11.3. The molecule has 0 aromatic heterocycles. The molecular weight excluding hydrogens is 304 g/mol. The van der Waals surface area contributed by atoms with E-state index in [4.69, 9.17) is 4.74 Å². The summed E-state index contributed by atoms with van der Waals surface area (Å²) >= 11 is 0. The second-order valence-corrected chi connectivity index (χ2v) is 7.41. The van der Waals surface area contributed by atoms with Crippen LogP contribution in [0.2, 0.25) is 0 Å². The summed E-state index contributed by atoms with van der Waals surface area (Å²) in [5.41, 5.74) is 0.592. The van der Waals surface area contributed by atoms with Gasteiger partial charge in [0.15, 0.2) is 0 Å². The fraction of sp³-hybridized carbons (Fsp3) is 0.579. The van der Waals surface area contributed by atoms with Gasteiger partial charge >= 0.3 is 0 Å². The summed E-state index contributed by atoms with van der Waals surface area (Å²) in [6, 6.07) is 7.70. The molecule has 0 unspecified atom stereocenters. The maximum Gasteiger partial charge on any atom is 0.227 e. The first-order valence-electron chi connectivity index (χ1n) is 8.51. The Balaban J connectivity index is 1.81. The van der Waals surface area contributed by atoms with E-state index in [0.717, 1.165) is 24.2 Å². The van der Waals surface area contributed by atoms with E-state index in [1.54, 1.807) is 7.11 Å². The van der Waals surface area contributed by atoms with Crippen LogP contribution in [0.3, 0.4) is 0 Å². The van der Waals surface area contributed by atoms with Crippen molar-refractivity contribution in [2.24, 2.45) is 5.41 Å². The number of methoxy groups -OCH3 is 1. The minimum Gasteiger partial charge on any atom is -0.497 e. The van der Waals surface area contributed by atoms with Crippen molar-refractivity contribution in [1.82, 2.24) is 10.2 Å². The SMILES string of the molecule is COc1cccc(CC(=O)NC2CCN(C(=O)C(C)(C)C)CC2)c1. The van der Waals surface area contributed by atoms with Gasteiger partial charge in [-0.3, -0.25) is 9.59 Å².